The predicted octanol–water partition coefficient (Wildman–Crippen LogP) is 1.61. The van der Waals surface area contributed by atoms with Crippen LogP contribution < -0.4 is 9.80 Å². The van der Waals surface area contributed by atoms with Crippen molar-refractivity contribution in [3.8, 4) is 0 Å². The Morgan fingerprint density at radius 2 is 1.71 bits per heavy atom. The van der Waals surface area contributed by atoms with Gasteiger partial charge in [-0.1, -0.05) is 36.4 Å². The third-order valence-corrected chi connectivity index (χ3v) is 5.05. The van der Waals surface area contributed by atoms with E-state index in [1.54, 1.807) is 0 Å². The molecule has 0 bridgehead atoms. The highest BCUT2D eigenvalue weighted by Gasteiger charge is 2.24. The lowest BCUT2D eigenvalue weighted by Gasteiger charge is -2.34. The zero-order valence-corrected chi connectivity index (χ0v) is 13.8. The Morgan fingerprint density at radius 1 is 1.00 bits per heavy atom. The molecule has 2 heterocycles. The summed E-state index contributed by atoms with van der Waals surface area (Å²) in [5.74, 6) is 0. The van der Waals surface area contributed by atoms with Gasteiger partial charge in [-0.25, -0.2) is 0 Å². The number of fused-ring (bicyclic) bond motifs is 1. The Balaban J connectivity index is 1.38. The molecule has 1 aliphatic heterocycles. The van der Waals surface area contributed by atoms with E-state index in [9.17, 15) is 5.11 Å². The molecular weight excluding hydrogens is 298 g/mol. The van der Waals surface area contributed by atoms with E-state index in [0.717, 1.165) is 49.2 Å². The highest BCUT2D eigenvalue weighted by Crippen LogP contribution is 2.23. The Labute approximate surface area is 142 Å². The number of H-pyrrole nitrogens is 1. The lowest BCUT2D eigenvalue weighted by atomic mass is 10.1. The molecule has 0 unspecified atom stereocenters. The number of aromatic nitrogens is 1. The van der Waals surface area contributed by atoms with Crippen LogP contribution in [0.25, 0.3) is 10.9 Å². The summed E-state index contributed by atoms with van der Waals surface area (Å²) < 4.78 is 0. The molecule has 4 nitrogen and oxygen atoms in total. The first kappa shape index (κ1) is 15.2. The number of hydrogen-bond donors (Lipinski definition) is 3. The second kappa shape index (κ2) is 6.67. The molecule has 1 atom stereocenters. The van der Waals surface area contributed by atoms with Crippen LogP contribution in [0.4, 0.5) is 5.69 Å². The van der Waals surface area contributed by atoms with Gasteiger partial charge in [0.2, 0.25) is 0 Å². The molecule has 4 heteroatoms. The molecule has 1 fully saturated rings. The molecule has 0 saturated carbocycles. The molecule has 1 aliphatic rings. The quantitative estimate of drug-likeness (QED) is 0.683. The van der Waals surface area contributed by atoms with Crippen LogP contribution in [0.15, 0.2) is 60.8 Å². The minimum absolute atomic E-state index is 0.417. The van der Waals surface area contributed by atoms with Gasteiger partial charge in [-0.2, -0.15) is 0 Å². The maximum Gasteiger partial charge on any atom is 0.130 e. The Bertz CT molecular complexity index is 791. The summed E-state index contributed by atoms with van der Waals surface area (Å²) in [7, 11) is 0. The van der Waals surface area contributed by atoms with Gasteiger partial charge < -0.3 is 19.9 Å². The maximum absolute atomic E-state index is 10.7. The third kappa shape index (κ3) is 3.03. The van der Waals surface area contributed by atoms with Crippen LogP contribution in [-0.4, -0.2) is 42.8 Å². The van der Waals surface area contributed by atoms with E-state index >= 15 is 0 Å². The normalized spacial score (nSPS) is 17.3. The lowest BCUT2D eigenvalue weighted by molar-refractivity contribution is -0.904. The summed E-state index contributed by atoms with van der Waals surface area (Å²) in [5, 5.41) is 11.8. The summed E-state index contributed by atoms with van der Waals surface area (Å²) in [6, 6.07) is 18.8. The van der Waals surface area contributed by atoms with Gasteiger partial charge in [0.25, 0.3) is 0 Å². The van der Waals surface area contributed by atoms with E-state index in [2.05, 4.69) is 52.3 Å². The van der Waals surface area contributed by atoms with E-state index in [-0.39, 0.29) is 0 Å². The number of benzene rings is 2. The number of quaternary nitrogens is 1. The molecule has 0 aliphatic carbocycles. The van der Waals surface area contributed by atoms with Crippen LogP contribution in [-0.2, 0) is 0 Å². The lowest BCUT2D eigenvalue weighted by Crippen LogP contribution is -3.15. The fraction of sp³-hybridized carbons (Fsp3) is 0.300. The molecule has 4 rings (SSSR count). The van der Waals surface area contributed by atoms with Crippen LogP contribution in [0.5, 0.6) is 0 Å². The molecule has 1 aromatic heterocycles. The standard InChI is InChI=1S/C20H23N3O/c24-20(18-14-21-19-9-5-4-8-17(18)19)15-22-10-12-23(13-11-22)16-6-2-1-3-7-16/h1-9,14,20-21,24H,10-13,15H2/p+1/t20-/m1/s1. The average Bonchev–Trinajstić information content (AvgIpc) is 3.07. The van der Waals surface area contributed by atoms with E-state index in [1.807, 2.05) is 18.3 Å². The summed E-state index contributed by atoms with van der Waals surface area (Å²) in [6.45, 7) is 4.98. The van der Waals surface area contributed by atoms with Crippen molar-refractivity contribution >= 4 is 16.6 Å². The van der Waals surface area contributed by atoms with E-state index in [4.69, 9.17) is 0 Å². The molecule has 3 aromatic rings. The minimum atomic E-state index is -0.417. The zero-order chi connectivity index (χ0) is 16.4. The van der Waals surface area contributed by atoms with Crippen LogP contribution >= 0.6 is 0 Å². The minimum Gasteiger partial charge on any atom is -0.382 e. The van der Waals surface area contributed by atoms with Crippen LogP contribution in [0.3, 0.4) is 0 Å². The van der Waals surface area contributed by atoms with Gasteiger partial charge in [0.15, 0.2) is 0 Å². The fourth-order valence-corrected chi connectivity index (χ4v) is 3.68. The first-order valence-corrected chi connectivity index (χ1v) is 8.69. The van der Waals surface area contributed by atoms with Gasteiger partial charge in [0.05, 0.1) is 26.2 Å². The van der Waals surface area contributed by atoms with E-state index in [0.29, 0.717) is 0 Å². The number of piperazine rings is 1. The molecule has 0 radical (unpaired) electrons. The van der Waals surface area contributed by atoms with Gasteiger partial charge >= 0.3 is 0 Å². The number of anilines is 1. The number of aromatic amines is 1. The predicted molar refractivity (Wildman–Crippen MR) is 97.5 cm³/mol. The SMILES string of the molecule is O[C@H](C[NH+]1CCN(c2ccccc2)CC1)c1c[nH]c2ccccc12. The fourth-order valence-electron chi connectivity index (χ4n) is 3.68. The molecule has 0 amide bonds. The number of aliphatic hydroxyl groups is 1. The number of nitrogens with zero attached hydrogens (tertiary/aromatic N) is 1. The summed E-state index contributed by atoms with van der Waals surface area (Å²) >= 11 is 0. The van der Waals surface area contributed by atoms with Crippen molar-refractivity contribution in [2.24, 2.45) is 0 Å². The van der Waals surface area contributed by atoms with Gasteiger partial charge in [-0.3, -0.25) is 0 Å². The van der Waals surface area contributed by atoms with Crippen molar-refractivity contribution in [2.75, 3.05) is 37.6 Å². The van der Waals surface area contributed by atoms with Crippen molar-refractivity contribution < 1.29 is 10.0 Å². The van der Waals surface area contributed by atoms with Gasteiger partial charge in [-0.15, -0.1) is 0 Å². The summed E-state index contributed by atoms with van der Waals surface area (Å²) in [6.07, 6.45) is 1.54. The number of para-hydroxylation sites is 2. The van der Waals surface area contributed by atoms with Crippen molar-refractivity contribution in [1.29, 1.82) is 0 Å². The zero-order valence-electron chi connectivity index (χ0n) is 13.8. The number of nitrogens with one attached hydrogen (secondary N) is 2. The van der Waals surface area contributed by atoms with Gasteiger partial charge in [-0.05, 0) is 18.2 Å². The second-order valence-electron chi connectivity index (χ2n) is 6.58. The second-order valence-corrected chi connectivity index (χ2v) is 6.58. The molecular formula is C20H24N3O+. The largest absolute Gasteiger partial charge is 0.382 e. The van der Waals surface area contributed by atoms with Crippen LogP contribution in [0.2, 0.25) is 0 Å². The van der Waals surface area contributed by atoms with Gasteiger partial charge in [0, 0.05) is 28.4 Å². The van der Waals surface area contributed by atoms with Crippen molar-refractivity contribution in [1.82, 2.24) is 4.98 Å². The Kier molecular flexibility index (Phi) is 4.24. The third-order valence-electron chi connectivity index (χ3n) is 5.05. The highest BCUT2D eigenvalue weighted by atomic mass is 16.3. The first-order valence-electron chi connectivity index (χ1n) is 8.69. The summed E-state index contributed by atoms with van der Waals surface area (Å²) in [4.78, 5) is 7.16. The Morgan fingerprint density at radius 3 is 2.50 bits per heavy atom. The molecule has 3 N–H and O–H groups in total. The summed E-state index contributed by atoms with van der Waals surface area (Å²) in [5.41, 5.74) is 3.41. The van der Waals surface area contributed by atoms with Crippen molar-refractivity contribution in [3.63, 3.8) is 0 Å². The van der Waals surface area contributed by atoms with Gasteiger partial charge in [0.1, 0.15) is 12.6 Å². The molecule has 2 aromatic carbocycles. The smallest absolute Gasteiger partial charge is 0.130 e. The topological polar surface area (TPSA) is 43.7 Å². The van der Waals surface area contributed by atoms with Crippen molar-refractivity contribution in [2.45, 2.75) is 6.10 Å². The molecule has 124 valence electrons. The van der Waals surface area contributed by atoms with E-state index < -0.39 is 6.10 Å². The molecule has 0 spiro atoms. The number of hydrogen-bond acceptors (Lipinski definition) is 2. The number of aliphatic hydroxyl groups excluding tert-OH is 1. The molecule has 1 saturated heterocycles. The van der Waals surface area contributed by atoms with Crippen LogP contribution in [0.1, 0.15) is 11.7 Å². The number of rotatable bonds is 4. The maximum atomic E-state index is 10.7. The van der Waals surface area contributed by atoms with E-state index in [1.165, 1.54) is 10.6 Å². The Hall–Kier alpha value is -2.30. The van der Waals surface area contributed by atoms with Crippen LogP contribution in [0, 0.1) is 0 Å². The molecule has 24 heavy (non-hydrogen) atoms. The average molecular weight is 322 g/mol. The highest BCUT2D eigenvalue weighted by molar-refractivity contribution is 5.83. The monoisotopic (exact) mass is 322 g/mol. The first-order chi connectivity index (χ1) is 11.8. The van der Waals surface area contributed by atoms with Crippen molar-refractivity contribution in [3.05, 3.63) is 66.4 Å².